The molecule has 0 fully saturated rings. The summed E-state index contributed by atoms with van der Waals surface area (Å²) in [5.41, 5.74) is 1.02. The molecule has 1 amide bonds. The van der Waals surface area contributed by atoms with Crippen LogP contribution in [-0.4, -0.2) is 30.1 Å². The minimum absolute atomic E-state index is 0.0731. The first-order valence-electron chi connectivity index (χ1n) is 6.81. The van der Waals surface area contributed by atoms with Gasteiger partial charge >= 0.3 is 11.9 Å². The number of ether oxygens (including phenoxy) is 1. The smallest absolute Gasteiger partial charge is 0.339 e. The first kappa shape index (κ1) is 16.2. The molecule has 23 heavy (non-hydrogen) atoms. The number of carboxylic acids is 1. The van der Waals surface area contributed by atoms with E-state index in [1.54, 1.807) is 36.4 Å². The number of para-hydroxylation sites is 1. The van der Waals surface area contributed by atoms with Crippen LogP contribution in [0.5, 0.6) is 0 Å². The van der Waals surface area contributed by atoms with Crippen LogP contribution in [0.25, 0.3) is 0 Å². The third kappa shape index (κ3) is 3.94. The van der Waals surface area contributed by atoms with Crippen molar-refractivity contribution in [3.05, 3.63) is 65.2 Å². The largest absolute Gasteiger partial charge is 0.478 e. The van der Waals surface area contributed by atoms with E-state index in [9.17, 15) is 14.4 Å². The van der Waals surface area contributed by atoms with Gasteiger partial charge in [-0.3, -0.25) is 4.79 Å². The molecule has 6 heteroatoms. The number of carbonyl (C=O) groups is 3. The van der Waals surface area contributed by atoms with Gasteiger partial charge in [0.25, 0.3) is 0 Å². The van der Waals surface area contributed by atoms with Crippen molar-refractivity contribution >= 4 is 23.5 Å². The number of carboxylic acid groups (broad SMARTS) is 1. The Labute approximate surface area is 132 Å². The van der Waals surface area contributed by atoms with E-state index in [0.29, 0.717) is 11.3 Å². The number of aromatic carboxylic acids is 1. The van der Waals surface area contributed by atoms with Gasteiger partial charge in [-0.2, -0.15) is 0 Å². The molecule has 2 aromatic carbocycles. The summed E-state index contributed by atoms with van der Waals surface area (Å²) in [7, 11) is 1.25. The lowest BCUT2D eigenvalue weighted by Crippen LogP contribution is -2.18. The number of benzene rings is 2. The molecule has 0 bridgehead atoms. The van der Waals surface area contributed by atoms with E-state index in [1.165, 1.54) is 19.2 Å². The van der Waals surface area contributed by atoms with Crippen LogP contribution in [0.4, 0.5) is 5.69 Å². The Bertz CT molecular complexity index is 754. The first-order valence-corrected chi connectivity index (χ1v) is 6.81. The van der Waals surface area contributed by atoms with E-state index in [4.69, 9.17) is 5.11 Å². The van der Waals surface area contributed by atoms with Crippen LogP contribution in [0.1, 0.15) is 26.3 Å². The lowest BCUT2D eigenvalue weighted by molar-refractivity contribution is -0.115. The maximum Gasteiger partial charge on any atom is 0.339 e. The number of amides is 1. The highest BCUT2D eigenvalue weighted by atomic mass is 16.5. The Morgan fingerprint density at radius 1 is 1.00 bits per heavy atom. The molecule has 0 saturated carbocycles. The number of anilines is 1. The van der Waals surface area contributed by atoms with E-state index >= 15 is 0 Å². The number of carbonyl (C=O) groups excluding carboxylic acids is 2. The van der Waals surface area contributed by atoms with Gasteiger partial charge in [0.15, 0.2) is 0 Å². The van der Waals surface area contributed by atoms with Crippen molar-refractivity contribution in [2.75, 3.05) is 12.4 Å². The molecule has 118 valence electrons. The molecule has 0 radical (unpaired) electrons. The van der Waals surface area contributed by atoms with E-state index in [0.717, 1.165) is 0 Å². The highest BCUT2D eigenvalue weighted by Gasteiger charge is 2.16. The van der Waals surface area contributed by atoms with Gasteiger partial charge in [-0.1, -0.05) is 30.3 Å². The maximum absolute atomic E-state index is 12.2. The van der Waals surface area contributed by atoms with Crippen molar-refractivity contribution in [2.45, 2.75) is 6.42 Å². The topological polar surface area (TPSA) is 92.7 Å². The lowest BCUT2D eigenvalue weighted by atomic mass is 10.0. The standard InChI is InChI=1S/C17H15NO5/c1-23-17(22)13-8-4-5-9-14(13)18-15(19)10-11-6-2-3-7-12(11)16(20)21/h2-9H,10H2,1H3,(H,18,19)(H,20,21). The SMILES string of the molecule is COC(=O)c1ccccc1NC(=O)Cc1ccccc1C(=O)O. The molecule has 0 aliphatic heterocycles. The zero-order valence-electron chi connectivity index (χ0n) is 12.4. The molecule has 0 aromatic heterocycles. The lowest BCUT2D eigenvalue weighted by Gasteiger charge is -2.10. The van der Waals surface area contributed by atoms with Crippen LogP contribution in [0, 0.1) is 0 Å². The fourth-order valence-corrected chi connectivity index (χ4v) is 2.13. The van der Waals surface area contributed by atoms with E-state index < -0.39 is 17.8 Å². The predicted octanol–water partition coefficient (Wildman–Crippen LogP) is 2.35. The van der Waals surface area contributed by atoms with Crippen LogP contribution >= 0.6 is 0 Å². The molecule has 0 aliphatic rings. The molecular weight excluding hydrogens is 298 g/mol. The number of nitrogens with one attached hydrogen (secondary N) is 1. The Morgan fingerprint density at radius 3 is 2.26 bits per heavy atom. The Balaban J connectivity index is 2.18. The number of methoxy groups -OCH3 is 1. The highest BCUT2D eigenvalue weighted by molar-refractivity contribution is 6.02. The van der Waals surface area contributed by atoms with Crippen molar-refractivity contribution in [3.63, 3.8) is 0 Å². The van der Waals surface area contributed by atoms with Gasteiger partial charge in [-0.25, -0.2) is 9.59 Å². The van der Waals surface area contributed by atoms with Gasteiger partial charge < -0.3 is 15.2 Å². The minimum atomic E-state index is -1.09. The molecule has 2 rings (SSSR count). The number of hydrogen-bond donors (Lipinski definition) is 2. The van der Waals surface area contributed by atoms with Crippen LogP contribution < -0.4 is 5.32 Å². The first-order chi connectivity index (χ1) is 11.0. The molecule has 2 N–H and O–H groups in total. The highest BCUT2D eigenvalue weighted by Crippen LogP contribution is 2.17. The summed E-state index contributed by atoms with van der Waals surface area (Å²) in [6.45, 7) is 0. The molecule has 2 aromatic rings. The summed E-state index contributed by atoms with van der Waals surface area (Å²) in [4.78, 5) is 35.0. The third-order valence-electron chi connectivity index (χ3n) is 3.21. The minimum Gasteiger partial charge on any atom is -0.478 e. The number of rotatable bonds is 5. The molecular formula is C17H15NO5. The Morgan fingerprint density at radius 2 is 1.61 bits per heavy atom. The second kappa shape index (κ2) is 7.22. The van der Waals surface area contributed by atoms with Gasteiger partial charge in [0.1, 0.15) is 0 Å². The average molecular weight is 313 g/mol. The summed E-state index contributed by atoms with van der Waals surface area (Å²) < 4.78 is 4.66. The summed E-state index contributed by atoms with van der Waals surface area (Å²) in [5, 5.41) is 11.7. The van der Waals surface area contributed by atoms with Gasteiger partial charge in [-0.15, -0.1) is 0 Å². The monoisotopic (exact) mass is 313 g/mol. The van der Waals surface area contributed by atoms with Crippen molar-refractivity contribution in [1.29, 1.82) is 0 Å². The van der Waals surface area contributed by atoms with Gasteiger partial charge in [-0.05, 0) is 23.8 Å². The van der Waals surface area contributed by atoms with Crippen molar-refractivity contribution < 1.29 is 24.2 Å². The molecule has 0 atom stereocenters. The van der Waals surface area contributed by atoms with Crippen molar-refractivity contribution in [1.82, 2.24) is 0 Å². The second-order valence-corrected chi connectivity index (χ2v) is 4.72. The van der Waals surface area contributed by atoms with E-state index in [1.807, 2.05) is 0 Å². The average Bonchev–Trinajstić information content (AvgIpc) is 2.55. The van der Waals surface area contributed by atoms with Crippen LogP contribution in [-0.2, 0) is 16.0 Å². The van der Waals surface area contributed by atoms with Crippen LogP contribution in [0.2, 0.25) is 0 Å². The molecule has 0 unspecified atom stereocenters. The molecule has 0 heterocycles. The summed E-state index contributed by atoms with van der Waals surface area (Å²) in [5.74, 6) is -2.08. The maximum atomic E-state index is 12.2. The van der Waals surface area contributed by atoms with Crippen LogP contribution in [0.3, 0.4) is 0 Å². The third-order valence-corrected chi connectivity index (χ3v) is 3.21. The van der Waals surface area contributed by atoms with E-state index in [2.05, 4.69) is 10.1 Å². The zero-order chi connectivity index (χ0) is 16.8. The van der Waals surface area contributed by atoms with Crippen LogP contribution in [0.15, 0.2) is 48.5 Å². The summed E-state index contributed by atoms with van der Waals surface area (Å²) in [6, 6.07) is 12.7. The van der Waals surface area contributed by atoms with Crippen molar-refractivity contribution in [3.8, 4) is 0 Å². The normalized spacial score (nSPS) is 9.96. The van der Waals surface area contributed by atoms with Gasteiger partial charge in [0.05, 0.1) is 30.3 Å². The number of esters is 1. The molecule has 0 aliphatic carbocycles. The fraction of sp³-hybridized carbons (Fsp3) is 0.118. The van der Waals surface area contributed by atoms with Crippen molar-refractivity contribution in [2.24, 2.45) is 0 Å². The zero-order valence-corrected chi connectivity index (χ0v) is 12.4. The van der Waals surface area contributed by atoms with E-state index in [-0.39, 0.29) is 17.5 Å². The Kier molecular flexibility index (Phi) is 5.09. The van der Waals surface area contributed by atoms with Gasteiger partial charge in [0.2, 0.25) is 5.91 Å². The fourth-order valence-electron chi connectivity index (χ4n) is 2.13. The Hall–Kier alpha value is -3.15. The second-order valence-electron chi connectivity index (χ2n) is 4.72. The quantitative estimate of drug-likeness (QED) is 0.827. The van der Waals surface area contributed by atoms with Gasteiger partial charge in [0, 0.05) is 0 Å². The molecule has 6 nitrogen and oxygen atoms in total. The number of hydrogen-bond acceptors (Lipinski definition) is 4. The molecule has 0 spiro atoms. The molecule has 0 saturated heterocycles. The summed E-state index contributed by atoms with van der Waals surface area (Å²) in [6.07, 6.45) is -0.113. The summed E-state index contributed by atoms with van der Waals surface area (Å²) >= 11 is 0. The predicted molar refractivity (Wildman–Crippen MR) is 83.5 cm³/mol.